The Balaban J connectivity index is 2.08. The summed E-state index contributed by atoms with van der Waals surface area (Å²) in [7, 11) is 0. The first-order chi connectivity index (χ1) is 7.52. The lowest BCUT2D eigenvalue weighted by molar-refractivity contribution is -0.125. The summed E-state index contributed by atoms with van der Waals surface area (Å²) in [5.74, 6) is 0.133. The van der Waals surface area contributed by atoms with Crippen molar-refractivity contribution in [2.45, 2.75) is 19.9 Å². The number of nitrogens with two attached hydrogens (primary N) is 1. The van der Waals surface area contributed by atoms with Gasteiger partial charge in [-0.05, 0) is 6.92 Å². The van der Waals surface area contributed by atoms with Gasteiger partial charge in [0.15, 0.2) is 0 Å². The molecule has 88 valence electrons. The fourth-order valence-corrected chi connectivity index (χ4v) is 1.51. The Labute approximate surface area is 92.3 Å². The molecule has 2 heterocycles. The molecular formula is C9H14N4O3. The van der Waals surface area contributed by atoms with Gasteiger partial charge in [-0.2, -0.15) is 0 Å². The quantitative estimate of drug-likeness (QED) is 0.716. The second-order valence-corrected chi connectivity index (χ2v) is 4.12. The molecule has 0 aliphatic carbocycles. The average molecular weight is 226 g/mol. The summed E-state index contributed by atoms with van der Waals surface area (Å²) in [5, 5.41) is 9.83. The number of nitrogens with zero attached hydrogens (tertiary/aromatic N) is 2. The van der Waals surface area contributed by atoms with E-state index in [0.29, 0.717) is 19.1 Å². The molecule has 0 aromatic carbocycles. The maximum atomic E-state index is 12.0. The summed E-state index contributed by atoms with van der Waals surface area (Å²) < 4.78 is 10.2. The molecule has 1 aliphatic rings. The van der Waals surface area contributed by atoms with Crippen LogP contribution in [0, 0.1) is 12.3 Å². The third kappa shape index (κ3) is 1.79. The number of carbonyl (C=O) groups is 1. The van der Waals surface area contributed by atoms with Crippen LogP contribution in [0.1, 0.15) is 12.8 Å². The average Bonchev–Trinajstić information content (AvgIpc) is 2.76. The molecule has 3 N–H and O–H groups in total. The minimum atomic E-state index is -0.748. The van der Waals surface area contributed by atoms with Gasteiger partial charge in [0.25, 0.3) is 0 Å². The third-order valence-electron chi connectivity index (χ3n) is 2.78. The zero-order valence-corrected chi connectivity index (χ0v) is 9.19. The maximum absolute atomic E-state index is 12.0. The molecule has 2 atom stereocenters. The predicted molar refractivity (Wildman–Crippen MR) is 54.6 cm³/mol. The number of nitrogens with one attached hydrogen (secondary N) is 1. The highest BCUT2D eigenvalue weighted by molar-refractivity contribution is 5.94. The first kappa shape index (κ1) is 11.0. The Morgan fingerprint density at radius 2 is 2.38 bits per heavy atom. The van der Waals surface area contributed by atoms with E-state index in [1.54, 1.807) is 13.8 Å². The number of aryl methyl sites for hydroxylation is 1. The summed E-state index contributed by atoms with van der Waals surface area (Å²) in [5.41, 5.74) is 5.07. The lowest BCUT2D eigenvalue weighted by Gasteiger charge is -2.24. The third-order valence-corrected chi connectivity index (χ3v) is 2.78. The number of aromatic nitrogens is 2. The monoisotopic (exact) mass is 226 g/mol. The van der Waals surface area contributed by atoms with Gasteiger partial charge in [-0.3, -0.25) is 10.1 Å². The van der Waals surface area contributed by atoms with Crippen LogP contribution < -0.4 is 11.1 Å². The van der Waals surface area contributed by atoms with Crippen molar-refractivity contribution >= 4 is 11.9 Å². The lowest BCUT2D eigenvalue weighted by atomic mass is 9.85. The predicted octanol–water partition coefficient (Wildman–Crippen LogP) is -0.320. The van der Waals surface area contributed by atoms with Crippen LogP contribution in [0.2, 0.25) is 0 Å². The van der Waals surface area contributed by atoms with Crippen molar-refractivity contribution < 1.29 is 13.9 Å². The van der Waals surface area contributed by atoms with Crippen LogP contribution in [0.25, 0.3) is 0 Å². The van der Waals surface area contributed by atoms with Crippen LogP contribution in [0.3, 0.4) is 0 Å². The Hall–Kier alpha value is -1.47. The number of hydrogen-bond donors (Lipinski definition) is 2. The van der Waals surface area contributed by atoms with Gasteiger partial charge in [0.2, 0.25) is 11.8 Å². The highest BCUT2D eigenvalue weighted by Gasteiger charge is 2.44. The molecule has 1 aromatic heterocycles. The van der Waals surface area contributed by atoms with Crippen molar-refractivity contribution in [2.75, 3.05) is 18.5 Å². The molecule has 2 unspecified atom stereocenters. The lowest BCUT2D eigenvalue weighted by Crippen LogP contribution is -2.47. The van der Waals surface area contributed by atoms with Gasteiger partial charge in [0.05, 0.1) is 18.6 Å². The molecule has 7 nitrogen and oxygen atoms in total. The first-order valence-corrected chi connectivity index (χ1v) is 4.97. The van der Waals surface area contributed by atoms with Gasteiger partial charge >= 0.3 is 6.01 Å². The molecule has 0 radical (unpaired) electrons. The molecule has 7 heteroatoms. The van der Waals surface area contributed by atoms with Crippen molar-refractivity contribution in [3.8, 4) is 0 Å². The number of amides is 1. The molecule has 1 fully saturated rings. The van der Waals surface area contributed by atoms with Crippen LogP contribution in [0.15, 0.2) is 4.42 Å². The second-order valence-electron chi connectivity index (χ2n) is 4.12. The Kier molecular flexibility index (Phi) is 2.64. The number of hydrogen-bond acceptors (Lipinski definition) is 6. The molecule has 1 amide bonds. The first-order valence-electron chi connectivity index (χ1n) is 4.97. The van der Waals surface area contributed by atoms with E-state index in [1.165, 1.54) is 0 Å². The van der Waals surface area contributed by atoms with Crippen molar-refractivity contribution in [3.63, 3.8) is 0 Å². The zero-order chi connectivity index (χ0) is 11.8. The van der Waals surface area contributed by atoms with Gasteiger partial charge in [-0.1, -0.05) is 5.10 Å². The Bertz CT molecular complexity index is 405. The summed E-state index contributed by atoms with van der Waals surface area (Å²) in [6.07, 6.45) is 0. The molecule has 1 aromatic rings. The smallest absolute Gasteiger partial charge is 0.322 e. The van der Waals surface area contributed by atoms with E-state index in [2.05, 4.69) is 15.5 Å². The van der Waals surface area contributed by atoms with E-state index >= 15 is 0 Å². The highest BCUT2D eigenvalue weighted by Crippen LogP contribution is 2.28. The minimum Gasteiger partial charge on any atom is -0.408 e. The molecule has 0 spiro atoms. The normalized spacial score (nSPS) is 29.3. The summed E-state index contributed by atoms with van der Waals surface area (Å²) in [4.78, 5) is 12.0. The zero-order valence-electron chi connectivity index (χ0n) is 9.19. The van der Waals surface area contributed by atoms with Gasteiger partial charge in [0, 0.05) is 13.0 Å². The maximum Gasteiger partial charge on any atom is 0.322 e. The van der Waals surface area contributed by atoms with Gasteiger partial charge in [-0.25, -0.2) is 0 Å². The van der Waals surface area contributed by atoms with E-state index in [9.17, 15) is 4.79 Å². The van der Waals surface area contributed by atoms with E-state index in [1.807, 2.05) is 0 Å². The fraction of sp³-hybridized carbons (Fsp3) is 0.667. The van der Waals surface area contributed by atoms with Gasteiger partial charge in [-0.15, -0.1) is 5.10 Å². The number of rotatable bonds is 2. The number of ether oxygens (including phenoxy) is 1. The van der Waals surface area contributed by atoms with Crippen LogP contribution >= 0.6 is 0 Å². The molecule has 2 rings (SSSR count). The standard InChI is InChI=1S/C9H14N4O3/c1-5-12-13-8(16-5)11-7(14)9(2)4-15-3-6(9)10/h6H,3-4,10H2,1-2H3,(H,11,13,14). The molecule has 0 bridgehead atoms. The molecule has 1 aliphatic heterocycles. The highest BCUT2D eigenvalue weighted by atomic mass is 16.5. The van der Waals surface area contributed by atoms with Crippen molar-refractivity contribution in [1.29, 1.82) is 0 Å². The van der Waals surface area contributed by atoms with Crippen molar-refractivity contribution in [3.05, 3.63) is 5.89 Å². The van der Waals surface area contributed by atoms with Crippen LogP contribution in [0.4, 0.5) is 6.01 Å². The molecule has 0 saturated carbocycles. The summed E-state index contributed by atoms with van der Waals surface area (Å²) in [6.45, 7) is 4.08. The second kappa shape index (κ2) is 3.84. The van der Waals surface area contributed by atoms with Crippen LogP contribution in [0.5, 0.6) is 0 Å². The van der Waals surface area contributed by atoms with Crippen molar-refractivity contribution in [1.82, 2.24) is 10.2 Å². The van der Waals surface area contributed by atoms with E-state index < -0.39 is 5.41 Å². The summed E-state index contributed by atoms with van der Waals surface area (Å²) in [6, 6.07) is -0.237. The van der Waals surface area contributed by atoms with E-state index in [4.69, 9.17) is 14.9 Å². The van der Waals surface area contributed by atoms with Crippen LogP contribution in [-0.2, 0) is 9.53 Å². The number of anilines is 1. The Morgan fingerprint density at radius 3 is 2.88 bits per heavy atom. The van der Waals surface area contributed by atoms with Gasteiger partial charge in [0.1, 0.15) is 0 Å². The SMILES string of the molecule is Cc1nnc(NC(=O)C2(C)COCC2N)o1. The Morgan fingerprint density at radius 1 is 1.62 bits per heavy atom. The summed E-state index contributed by atoms with van der Waals surface area (Å²) >= 11 is 0. The van der Waals surface area contributed by atoms with Crippen LogP contribution in [-0.4, -0.2) is 35.4 Å². The van der Waals surface area contributed by atoms with Gasteiger partial charge < -0.3 is 14.9 Å². The largest absolute Gasteiger partial charge is 0.408 e. The fourth-order valence-electron chi connectivity index (χ4n) is 1.51. The van der Waals surface area contributed by atoms with Crippen molar-refractivity contribution in [2.24, 2.45) is 11.1 Å². The van der Waals surface area contributed by atoms with E-state index in [0.717, 1.165) is 0 Å². The molecular weight excluding hydrogens is 212 g/mol. The number of carbonyl (C=O) groups excluding carboxylic acids is 1. The molecule has 16 heavy (non-hydrogen) atoms. The topological polar surface area (TPSA) is 103 Å². The minimum absolute atomic E-state index is 0.0859. The molecule has 1 saturated heterocycles. The van der Waals surface area contributed by atoms with E-state index in [-0.39, 0.29) is 18.0 Å².